The molecular weight excluding hydrogens is 269 g/mol. The molecule has 0 spiro atoms. The van der Waals surface area contributed by atoms with Gasteiger partial charge in [-0.1, -0.05) is 19.3 Å². The molecule has 0 saturated heterocycles. The second-order valence-corrected chi connectivity index (χ2v) is 5.64. The molecule has 0 aliphatic heterocycles. The Balaban J connectivity index is 1.51. The first kappa shape index (κ1) is 15.8. The molecule has 1 aromatic rings. The van der Waals surface area contributed by atoms with Crippen LogP contribution in [0.5, 0.6) is 5.75 Å². The molecule has 0 radical (unpaired) electrons. The van der Waals surface area contributed by atoms with E-state index in [2.05, 4.69) is 5.32 Å². The van der Waals surface area contributed by atoms with Gasteiger partial charge in [0.05, 0.1) is 6.61 Å². The van der Waals surface area contributed by atoms with Gasteiger partial charge in [-0.05, 0) is 49.9 Å². The van der Waals surface area contributed by atoms with Gasteiger partial charge in [0, 0.05) is 12.5 Å². The highest BCUT2D eigenvalue weighted by atomic mass is 19.1. The van der Waals surface area contributed by atoms with Gasteiger partial charge in [0.25, 0.3) is 0 Å². The summed E-state index contributed by atoms with van der Waals surface area (Å²) in [5.41, 5.74) is 0. The highest BCUT2D eigenvalue weighted by molar-refractivity contribution is 5.78. The van der Waals surface area contributed by atoms with Gasteiger partial charge in [-0.25, -0.2) is 4.39 Å². The number of nitrogens with one attached hydrogen (secondary N) is 1. The zero-order valence-corrected chi connectivity index (χ0v) is 12.4. The van der Waals surface area contributed by atoms with Crippen LogP contribution in [0.25, 0.3) is 0 Å². The Morgan fingerprint density at radius 2 is 1.86 bits per heavy atom. The van der Waals surface area contributed by atoms with Crippen molar-refractivity contribution in [2.24, 2.45) is 5.92 Å². The number of carbonyl (C=O) groups excluding carboxylic acids is 1. The number of hydrogen-bond donors (Lipinski definition) is 1. The first-order chi connectivity index (χ1) is 10.3. The Hall–Kier alpha value is -1.58. The molecule has 4 heteroatoms. The fraction of sp³-hybridized carbons (Fsp3) is 0.588. The quantitative estimate of drug-likeness (QED) is 0.779. The SMILES string of the molecule is O=C(NCCCCOc1ccc(F)cc1)C1CCCCC1. The summed E-state index contributed by atoms with van der Waals surface area (Å²) in [6.07, 6.45) is 7.50. The molecule has 1 N–H and O–H groups in total. The van der Waals surface area contributed by atoms with Gasteiger partial charge >= 0.3 is 0 Å². The smallest absolute Gasteiger partial charge is 0.223 e. The highest BCUT2D eigenvalue weighted by Crippen LogP contribution is 2.23. The predicted octanol–water partition coefficient (Wildman–Crippen LogP) is 3.68. The van der Waals surface area contributed by atoms with E-state index in [-0.39, 0.29) is 17.6 Å². The summed E-state index contributed by atoms with van der Waals surface area (Å²) in [6.45, 7) is 1.30. The normalized spacial score (nSPS) is 15.7. The number of unbranched alkanes of at least 4 members (excludes halogenated alkanes) is 1. The maximum atomic E-state index is 12.7. The summed E-state index contributed by atoms with van der Waals surface area (Å²) < 4.78 is 18.2. The molecule has 0 heterocycles. The molecule has 116 valence electrons. The predicted molar refractivity (Wildman–Crippen MR) is 80.7 cm³/mol. The number of amides is 1. The molecule has 21 heavy (non-hydrogen) atoms. The number of halogens is 1. The summed E-state index contributed by atoms with van der Waals surface area (Å²) in [5.74, 6) is 0.874. The van der Waals surface area contributed by atoms with Crippen molar-refractivity contribution in [3.05, 3.63) is 30.1 Å². The minimum Gasteiger partial charge on any atom is -0.494 e. The lowest BCUT2D eigenvalue weighted by molar-refractivity contribution is -0.125. The summed E-state index contributed by atoms with van der Waals surface area (Å²) in [6, 6.07) is 6.03. The number of benzene rings is 1. The second kappa shape index (κ2) is 8.65. The van der Waals surface area contributed by atoms with Crippen molar-refractivity contribution in [1.82, 2.24) is 5.32 Å². The van der Waals surface area contributed by atoms with Crippen molar-refractivity contribution in [1.29, 1.82) is 0 Å². The Morgan fingerprint density at radius 1 is 1.14 bits per heavy atom. The van der Waals surface area contributed by atoms with Crippen molar-refractivity contribution in [2.45, 2.75) is 44.9 Å². The second-order valence-electron chi connectivity index (χ2n) is 5.64. The minimum absolute atomic E-state index is 0.217. The lowest BCUT2D eigenvalue weighted by atomic mass is 9.89. The lowest BCUT2D eigenvalue weighted by Gasteiger charge is -2.20. The van der Waals surface area contributed by atoms with Crippen LogP contribution in [0.15, 0.2) is 24.3 Å². The number of hydrogen-bond acceptors (Lipinski definition) is 2. The molecule has 0 bridgehead atoms. The van der Waals surface area contributed by atoms with Crippen LogP contribution in [0.3, 0.4) is 0 Å². The fourth-order valence-electron chi connectivity index (χ4n) is 2.67. The van der Waals surface area contributed by atoms with Gasteiger partial charge in [0.15, 0.2) is 0 Å². The minimum atomic E-state index is -0.257. The van der Waals surface area contributed by atoms with Crippen LogP contribution >= 0.6 is 0 Å². The van der Waals surface area contributed by atoms with Gasteiger partial charge in [0.1, 0.15) is 11.6 Å². The third-order valence-electron chi connectivity index (χ3n) is 3.93. The molecule has 1 fully saturated rings. The molecule has 0 unspecified atom stereocenters. The van der Waals surface area contributed by atoms with Crippen LogP contribution in [0.4, 0.5) is 4.39 Å². The van der Waals surface area contributed by atoms with Crippen molar-refractivity contribution in [3.8, 4) is 5.75 Å². The van der Waals surface area contributed by atoms with E-state index in [0.717, 1.165) is 25.7 Å². The largest absolute Gasteiger partial charge is 0.494 e. The Bertz CT molecular complexity index is 427. The summed E-state index contributed by atoms with van der Waals surface area (Å²) in [7, 11) is 0. The van der Waals surface area contributed by atoms with Crippen LogP contribution in [-0.2, 0) is 4.79 Å². The van der Waals surface area contributed by atoms with Crippen LogP contribution in [0, 0.1) is 11.7 Å². The fourth-order valence-corrected chi connectivity index (χ4v) is 2.67. The number of rotatable bonds is 7. The van der Waals surface area contributed by atoms with E-state index in [1.165, 1.54) is 31.4 Å². The van der Waals surface area contributed by atoms with Gasteiger partial charge in [-0.2, -0.15) is 0 Å². The van der Waals surface area contributed by atoms with Gasteiger partial charge < -0.3 is 10.1 Å². The molecule has 1 aromatic carbocycles. The number of ether oxygens (including phenoxy) is 1. The van der Waals surface area contributed by atoms with E-state index in [0.29, 0.717) is 18.9 Å². The Labute approximate surface area is 125 Å². The first-order valence-corrected chi connectivity index (χ1v) is 7.92. The van der Waals surface area contributed by atoms with Gasteiger partial charge in [0.2, 0.25) is 5.91 Å². The standard InChI is InChI=1S/C17H24FNO2/c18-15-8-10-16(11-9-15)21-13-5-4-12-19-17(20)14-6-2-1-3-7-14/h8-11,14H,1-7,12-13H2,(H,19,20). The van der Waals surface area contributed by atoms with E-state index in [4.69, 9.17) is 4.74 Å². The maximum Gasteiger partial charge on any atom is 0.223 e. The van der Waals surface area contributed by atoms with Crippen LogP contribution in [0.2, 0.25) is 0 Å². The Kier molecular flexibility index (Phi) is 6.51. The monoisotopic (exact) mass is 293 g/mol. The molecule has 1 aliphatic carbocycles. The van der Waals surface area contributed by atoms with Crippen molar-refractivity contribution < 1.29 is 13.9 Å². The van der Waals surface area contributed by atoms with Crippen molar-refractivity contribution in [2.75, 3.05) is 13.2 Å². The highest BCUT2D eigenvalue weighted by Gasteiger charge is 2.20. The summed E-state index contributed by atoms with van der Waals surface area (Å²) in [4.78, 5) is 11.9. The van der Waals surface area contributed by atoms with Crippen molar-refractivity contribution >= 4 is 5.91 Å². The van der Waals surface area contributed by atoms with E-state index in [9.17, 15) is 9.18 Å². The molecule has 2 rings (SSSR count). The molecule has 1 amide bonds. The maximum absolute atomic E-state index is 12.7. The topological polar surface area (TPSA) is 38.3 Å². The van der Waals surface area contributed by atoms with Crippen LogP contribution < -0.4 is 10.1 Å². The van der Waals surface area contributed by atoms with Crippen LogP contribution in [-0.4, -0.2) is 19.1 Å². The lowest BCUT2D eigenvalue weighted by Crippen LogP contribution is -2.32. The molecule has 1 aliphatic rings. The number of carbonyl (C=O) groups is 1. The Morgan fingerprint density at radius 3 is 2.57 bits per heavy atom. The third kappa shape index (κ3) is 5.74. The third-order valence-corrected chi connectivity index (χ3v) is 3.93. The zero-order valence-electron chi connectivity index (χ0n) is 12.4. The average Bonchev–Trinajstić information content (AvgIpc) is 2.53. The van der Waals surface area contributed by atoms with Crippen LogP contribution in [0.1, 0.15) is 44.9 Å². The summed E-state index contributed by atoms with van der Waals surface area (Å²) in [5, 5.41) is 3.01. The van der Waals surface area contributed by atoms with E-state index in [1.807, 2.05) is 0 Å². The summed E-state index contributed by atoms with van der Waals surface area (Å²) >= 11 is 0. The molecule has 3 nitrogen and oxygen atoms in total. The molecule has 1 saturated carbocycles. The van der Waals surface area contributed by atoms with E-state index >= 15 is 0 Å². The van der Waals surface area contributed by atoms with E-state index < -0.39 is 0 Å². The zero-order chi connectivity index (χ0) is 14.9. The van der Waals surface area contributed by atoms with Crippen molar-refractivity contribution in [3.63, 3.8) is 0 Å². The first-order valence-electron chi connectivity index (χ1n) is 7.92. The molecular formula is C17H24FNO2. The molecule has 0 atom stereocenters. The molecule has 0 aromatic heterocycles. The average molecular weight is 293 g/mol. The van der Waals surface area contributed by atoms with E-state index in [1.54, 1.807) is 12.1 Å². The van der Waals surface area contributed by atoms with Gasteiger partial charge in [-0.15, -0.1) is 0 Å². The van der Waals surface area contributed by atoms with Gasteiger partial charge in [-0.3, -0.25) is 4.79 Å².